The monoisotopic (exact) mass is 328 g/mol. The van der Waals surface area contributed by atoms with Gasteiger partial charge in [0.15, 0.2) is 0 Å². The third kappa shape index (κ3) is 4.20. The van der Waals surface area contributed by atoms with Gasteiger partial charge in [0.1, 0.15) is 17.2 Å². The van der Waals surface area contributed by atoms with Crippen LogP contribution in [0.5, 0.6) is 0 Å². The Morgan fingerprint density at radius 2 is 2.12 bits per heavy atom. The normalized spacial score (nSPS) is 16.2. The quantitative estimate of drug-likeness (QED) is 0.912. The van der Waals surface area contributed by atoms with E-state index in [2.05, 4.69) is 26.3 Å². The van der Waals surface area contributed by atoms with Crippen molar-refractivity contribution in [1.82, 2.24) is 20.2 Å². The van der Waals surface area contributed by atoms with Crippen LogP contribution in [0.4, 0.5) is 0 Å². The van der Waals surface area contributed by atoms with E-state index in [4.69, 9.17) is 4.42 Å². The van der Waals surface area contributed by atoms with Crippen molar-refractivity contribution in [1.29, 1.82) is 0 Å². The van der Waals surface area contributed by atoms with Crippen LogP contribution in [0.3, 0.4) is 0 Å². The Labute approximate surface area is 142 Å². The fourth-order valence-corrected chi connectivity index (χ4v) is 3.17. The SMILES string of the molecule is Cc1cc(CN2CCC(CNC(=O)c3cnccn3)CC2)c(C)o1. The van der Waals surface area contributed by atoms with E-state index in [0.717, 1.165) is 44.0 Å². The number of nitrogens with zero attached hydrogens (tertiary/aromatic N) is 3. The highest BCUT2D eigenvalue weighted by Gasteiger charge is 2.21. The van der Waals surface area contributed by atoms with E-state index in [-0.39, 0.29) is 5.91 Å². The average Bonchev–Trinajstić information content (AvgIpc) is 2.92. The number of carbonyl (C=O) groups excluding carboxylic acids is 1. The van der Waals surface area contributed by atoms with Crippen molar-refractivity contribution in [2.45, 2.75) is 33.2 Å². The molecule has 1 fully saturated rings. The van der Waals surface area contributed by atoms with Crippen molar-refractivity contribution < 1.29 is 9.21 Å². The molecule has 0 radical (unpaired) electrons. The standard InChI is InChI=1S/C18H24N4O2/c1-13-9-16(14(2)24-13)12-22-7-3-15(4-8-22)10-21-18(23)17-11-19-5-6-20-17/h5-6,9,11,15H,3-4,7-8,10,12H2,1-2H3,(H,21,23). The van der Waals surface area contributed by atoms with Crippen molar-refractivity contribution in [3.8, 4) is 0 Å². The Kier molecular flexibility index (Phi) is 5.25. The molecule has 0 aliphatic carbocycles. The van der Waals surface area contributed by atoms with Crippen LogP contribution in [0.1, 0.15) is 40.4 Å². The molecular formula is C18H24N4O2. The van der Waals surface area contributed by atoms with Crippen molar-refractivity contribution in [3.63, 3.8) is 0 Å². The molecule has 0 aromatic carbocycles. The fourth-order valence-electron chi connectivity index (χ4n) is 3.17. The van der Waals surface area contributed by atoms with E-state index < -0.39 is 0 Å². The lowest BCUT2D eigenvalue weighted by atomic mass is 9.96. The summed E-state index contributed by atoms with van der Waals surface area (Å²) in [6.45, 7) is 7.76. The molecule has 0 bridgehead atoms. The lowest BCUT2D eigenvalue weighted by Crippen LogP contribution is -2.38. The molecule has 128 valence electrons. The minimum atomic E-state index is -0.143. The minimum absolute atomic E-state index is 0.143. The van der Waals surface area contributed by atoms with Gasteiger partial charge in [-0.3, -0.25) is 14.7 Å². The van der Waals surface area contributed by atoms with E-state index in [9.17, 15) is 4.79 Å². The maximum Gasteiger partial charge on any atom is 0.271 e. The Morgan fingerprint density at radius 3 is 2.75 bits per heavy atom. The highest BCUT2D eigenvalue weighted by molar-refractivity contribution is 5.91. The molecule has 0 atom stereocenters. The van der Waals surface area contributed by atoms with Crippen LogP contribution in [0.15, 0.2) is 29.1 Å². The molecule has 3 heterocycles. The second kappa shape index (κ2) is 7.57. The summed E-state index contributed by atoms with van der Waals surface area (Å²) >= 11 is 0. The van der Waals surface area contributed by atoms with Crippen molar-refractivity contribution in [2.24, 2.45) is 5.92 Å². The van der Waals surface area contributed by atoms with Gasteiger partial charge in [-0.2, -0.15) is 0 Å². The van der Waals surface area contributed by atoms with E-state index in [1.807, 2.05) is 13.8 Å². The topological polar surface area (TPSA) is 71.3 Å². The molecule has 24 heavy (non-hydrogen) atoms. The summed E-state index contributed by atoms with van der Waals surface area (Å²) in [5, 5.41) is 2.97. The van der Waals surface area contributed by atoms with Crippen LogP contribution in [0.25, 0.3) is 0 Å². The maximum atomic E-state index is 12.0. The predicted molar refractivity (Wildman–Crippen MR) is 90.5 cm³/mol. The number of likely N-dealkylation sites (tertiary alicyclic amines) is 1. The van der Waals surface area contributed by atoms with Gasteiger partial charge in [0.05, 0.1) is 6.20 Å². The van der Waals surface area contributed by atoms with Gasteiger partial charge in [-0.05, 0) is 51.8 Å². The number of amides is 1. The van der Waals surface area contributed by atoms with Gasteiger partial charge >= 0.3 is 0 Å². The van der Waals surface area contributed by atoms with E-state index in [0.29, 0.717) is 18.2 Å². The van der Waals surface area contributed by atoms with Crippen LogP contribution in [-0.2, 0) is 6.54 Å². The molecular weight excluding hydrogens is 304 g/mol. The summed E-state index contributed by atoms with van der Waals surface area (Å²) in [6.07, 6.45) is 6.78. The molecule has 1 aliphatic rings. The lowest BCUT2D eigenvalue weighted by Gasteiger charge is -2.31. The minimum Gasteiger partial charge on any atom is -0.466 e. The predicted octanol–water partition coefficient (Wildman–Crippen LogP) is 2.33. The van der Waals surface area contributed by atoms with Gasteiger partial charge in [-0.1, -0.05) is 0 Å². The molecule has 0 spiro atoms. The Morgan fingerprint density at radius 1 is 1.33 bits per heavy atom. The lowest BCUT2D eigenvalue weighted by molar-refractivity contribution is 0.0929. The molecule has 1 saturated heterocycles. The molecule has 1 amide bonds. The Balaban J connectivity index is 1.42. The smallest absolute Gasteiger partial charge is 0.271 e. The first-order valence-corrected chi connectivity index (χ1v) is 8.44. The number of aromatic nitrogens is 2. The number of piperidine rings is 1. The highest BCUT2D eigenvalue weighted by Crippen LogP contribution is 2.21. The second-order valence-corrected chi connectivity index (χ2v) is 6.46. The number of hydrogen-bond acceptors (Lipinski definition) is 5. The number of nitrogens with one attached hydrogen (secondary N) is 1. The molecule has 2 aromatic rings. The first kappa shape index (κ1) is 16.6. The van der Waals surface area contributed by atoms with Gasteiger partial charge in [-0.15, -0.1) is 0 Å². The van der Waals surface area contributed by atoms with E-state index in [1.54, 1.807) is 6.20 Å². The molecule has 6 heteroatoms. The van der Waals surface area contributed by atoms with Crippen LogP contribution < -0.4 is 5.32 Å². The molecule has 0 saturated carbocycles. The molecule has 6 nitrogen and oxygen atoms in total. The van der Waals surface area contributed by atoms with E-state index in [1.165, 1.54) is 18.0 Å². The fraction of sp³-hybridized carbons (Fsp3) is 0.500. The summed E-state index contributed by atoms with van der Waals surface area (Å²) in [7, 11) is 0. The highest BCUT2D eigenvalue weighted by atomic mass is 16.3. The Bertz CT molecular complexity index is 676. The van der Waals surface area contributed by atoms with Gasteiger partial charge in [0, 0.05) is 31.0 Å². The van der Waals surface area contributed by atoms with Crippen LogP contribution in [-0.4, -0.2) is 40.4 Å². The third-order valence-electron chi connectivity index (χ3n) is 4.59. The number of hydrogen-bond donors (Lipinski definition) is 1. The number of furan rings is 1. The summed E-state index contributed by atoms with van der Waals surface area (Å²) in [5.41, 5.74) is 1.66. The molecule has 1 aliphatic heterocycles. The van der Waals surface area contributed by atoms with Gasteiger partial charge < -0.3 is 9.73 Å². The van der Waals surface area contributed by atoms with Gasteiger partial charge in [-0.25, -0.2) is 4.98 Å². The van der Waals surface area contributed by atoms with Gasteiger partial charge in [0.2, 0.25) is 0 Å². The van der Waals surface area contributed by atoms with Crippen LogP contribution in [0, 0.1) is 19.8 Å². The van der Waals surface area contributed by atoms with Crippen molar-refractivity contribution in [2.75, 3.05) is 19.6 Å². The largest absolute Gasteiger partial charge is 0.466 e. The number of carbonyl (C=O) groups is 1. The average molecular weight is 328 g/mol. The van der Waals surface area contributed by atoms with Gasteiger partial charge in [0.25, 0.3) is 5.91 Å². The third-order valence-corrected chi connectivity index (χ3v) is 4.59. The van der Waals surface area contributed by atoms with Crippen molar-refractivity contribution >= 4 is 5.91 Å². The first-order chi connectivity index (χ1) is 11.6. The van der Waals surface area contributed by atoms with Crippen LogP contribution in [0.2, 0.25) is 0 Å². The second-order valence-electron chi connectivity index (χ2n) is 6.46. The summed E-state index contributed by atoms with van der Waals surface area (Å²) in [5.74, 6) is 2.37. The maximum absolute atomic E-state index is 12.0. The summed E-state index contributed by atoms with van der Waals surface area (Å²) < 4.78 is 5.60. The summed E-state index contributed by atoms with van der Waals surface area (Å²) in [6, 6.07) is 2.13. The molecule has 0 unspecified atom stereocenters. The first-order valence-electron chi connectivity index (χ1n) is 8.44. The number of aryl methyl sites for hydroxylation is 2. The van der Waals surface area contributed by atoms with Crippen LogP contribution >= 0.6 is 0 Å². The zero-order chi connectivity index (χ0) is 16.9. The summed E-state index contributed by atoms with van der Waals surface area (Å²) in [4.78, 5) is 22.4. The van der Waals surface area contributed by atoms with Crippen molar-refractivity contribution in [3.05, 3.63) is 47.4 Å². The van der Waals surface area contributed by atoms with E-state index >= 15 is 0 Å². The zero-order valence-electron chi connectivity index (χ0n) is 14.3. The molecule has 3 rings (SSSR count). The number of rotatable bonds is 5. The Hall–Kier alpha value is -2.21. The molecule has 2 aromatic heterocycles. The molecule has 1 N–H and O–H groups in total. The zero-order valence-corrected chi connectivity index (χ0v) is 14.3.